The summed E-state index contributed by atoms with van der Waals surface area (Å²) < 4.78 is 19.5. The first-order valence-electron chi connectivity index (χ1n) is 11.5. The van der Waals surface area contributed by atoms with Gasteiger partial charge in [-0.25, -0.2) is 9.67 Å². The molecule has 0 amide bonds. The van der Waals surface area contributed by atoms with Crippen molar-refractivity contribution in [3.05, 3.63) is 41.2 Å². The summed E-state index contributed by atoms with van der Waals surface area (Å²) in [7, 11) is 0. The van der Waals surface area contributed by atoms with Gasteiger partial charge in [-0.05, 0) is 70.2 Å². The highest BCUT2D eigenvalue weighted by Gasteiger charge is 2.47. The first kappa shape index (κ1) is 21.2. The molecule has 1 aromatic carbocycles. The van der Waals surface area contributed by atoms with E-state index in [0.717, 1.165) is 30.0 Å². The zero-order valence-electron chi connectivity index (χ0n) is 19.0. The van der Waals surface area contributed by atoms with Crippen molar-refractivity contribution in [1.82, 2.24) is 15.0 Å². The summed E-state index contributed by atoms with van der Waals surface area (Å²) in [6.45, 7) is 8.01. The molecule has 0 N–H and O–H groups in total. The van der Waals surface area contributed by atoms with Crippen LogP contribution in [0, 0.1) is 30.1 Å². The number of ether oxygens (including phenoxy) is 3. The molecule has 0 unspecified atom stereocenters. The second-order valence-electron chi connectivity index (χ2n) is 9.51. The van der Waals surface area contributed by atoms with Gasteiger partial charge < -0.3 is 14.2 Å². The van der Waals surface area contributed by atoms with Crippen molar-refractivity contribution in [3.8, 4) is 11.8 Å². The summed E-state index contributed by atoms with van der Waals surface area (Å²) >= 11 is 0. The van der Waals surface area contributed by atoms with Gasteiger partial charge >= 0.3 is 0 Å². The predicted molar refractivity (Wildman–Crippen MR) is 121 cm³/mol. The van der Waals surface area contributed by atoms with Crippen molar-refractivity contribution in [2.75, 3.05) is 13.2 Å². The number of aromatic nitrogens is 3. The minimum absolute atomic E-state index is 0.0392. The Morgan fingerprint density at radius 1 is 1.28 bits per heavy atom. The van der Waals surface area contributed by atoms with Gasteiger partial charge in [-0.2, -0.15) is 0 Å². The standard InChI is InChI=1S/C25H30N4O3/c1-17(2)32-24(26-21-9-8-20(12-18(21)3)7-6-19-4-5-19)22-13-29(28-27-22)14-23-30-15-25(10-11-25)16-31-23/h8-9,12-13,17,19,23H,4-5,10-11,14-16H2,1-3H3. The number of hydrogen-bond donors (Lipinski definition) is 0. The number of aliphatic imine (C=N–C) groups is 1. The number of rotatable bonds is 5. The molecular weight excluding hydrogens is 404 g/mol. The molecule has 3 fully saturated rings. The summed E-state index contributed by atoms with van der Waals surface area (Å²) in [6, 6.07) is 6.07. The van der Waals surface area contributed by atoms with Crippen LogP contribution < -0.4 is 0 Å². The molecule has 3 aliphatic rings. The highest BCUT2D eigenvalue weighted by atomic mass is 16.7. The number of benzene rings is 1. The molecule has 1 aliphatic heterocycles. The molecule has 7 nitrogen and oxygen atoms in total. The van der Waals surface area contributed by atoms with Gasteiger partial charge in [0, 0.05) is 16.9 Å². The van der Waals surface area contributed by atoms with E-state index in [-0.39, 0.29) is 17.8 Å². The monoisotopic (exact) mass is 434 g/mol. The van der Waals surface area contributed by atoms with Crippen LogP contribution in [0.15, 0.2) is 29.4 Å². The zero-order chi connectivity index (χ0) is 22.1. The Balaban J connectivity index is 1.31. The molecule has 0 atom stereocenters. The van der Waals surface area contributed by atoms with Gasteiger partial charge in [0.1, 0.15) is 0 Å². The fourth-order valence-corrected chi connectivity index (χ4v) is 3.59. The van der Waals surface area contributed by atoms with Crippen LogP contribution in [-0.4, -0.2) is 46.5 Å². The molecule has 0 bridgehead atoms. The van der Waals surface area contributed by atoms with Crippen LogP contribution in [0.25, 0.3) is 0 Å². The van der Waals surface area contributed by atoms with E-state index < -0.39 is 0 Å². The molecule has 2 aliphatic carbocycles. The quantitative estimate of drug-likeness (QED) is 0.404. The smallest absolute Gasteiger partial charge is 0.244 e. The molecule has 5 rings (SSSR count). The normalized spacial score (nSPS) is 20.3. The Labute approximate surface area is 189 Å². The maximum Gasteiger partial charge on any atom is 0.244 e. The Hall–Kier alpha value is -2.69. The van der Waals surface area contributed by atoms with Crippen molar-refractivity contribution in [2.45, 2.75) is 65.4 Å². The Kier molecular flexibility index (Phi) is 5.75. The minimum Gasteiger partial charge on any atom is -0.473 e. The molecule has 32 heavy (non-hydrogen) atoms. The van der Waals surface area contributed by atoms with Crippen molar-refractivity contribution in [1.29, 1.82) is 0 Å². The van der Waals surface area contributed by atoms with Crippen LogP contribution in [0.2, 0.25) is 0 Å². The fraction of sp³-hybridized carbons (Fsp3) is 0.560. The highest BCUT2D eigenvalue weighted by Crippen LogP contribution is 2.48. The van der Waals surface area contributed by atoms with Crippen molar-refractivity contribution < 1.29 is 14.2 Å². The van der Waals surface area contributed by atoms with E-state index in [0.29, 0.717) is 24.1 Å². The molecule has 0 radical (unpaired) electrons. The summed E-state index contributed by atoms with van der Waals surface area (Å²) in [4.78, 5) is 4.77. The third-order valence-electron chi connectivity index (χ3n) is 5.97. The van der Waals surface area contributed by atoms with E-state index in [2.05, 4.69) is 28.2 Å². The molecule has 2 aromatic rings. The van der Waals surface area contributed by atoms with Gasteiger partial charge in [-0.3, -0.25) is 0 Å². The Morgan fingerprint density at radius 3 is 2.72 bits per heavy atom. The highest BCUT2D eigenvalue weighted by molar-refractivity contribution is 5.94. The maximum atomic E-state index is 6.00. The Morgan fingerprint density at radius 2 is 2.06 bits per heavy atom. The fourth-order valence-electron chi connectivity index (χ4n) is 3.59. The number of hydrogen-bond acceptors (Lipinski definition) is 6. The summed E-state index contributed by atoms with van der Waals surface area (Å²) in [6.07, 6.45) is 6.35. The van der Waals surface area contributed by atoms with E-state index in [9.17, 15) is 0 Å². The van der Waals surface area contributed by atoms with Crippen LogP contribution in [-0.2, 0) is 20.8 Å². The largest absolute Gasteiger partial charge is 0.473 e. The lowest BCUT2D eigenvalue weighted by atomic mass is 10.1. The average molecular weight is 435 g/mol. The van der Waals surface area contributed by atoms with E-state index in [4.69, 9.17) is 19.2 Å². The molecule has 2 saturated carbocycles. The van der Waals surface area contributed by atoms with Gasteiger partial charge in [0.25, 0.3) is 0 Å². The molecule has 7 heteroatoms. The van der Waals surface area contributed by atoms with E-state index >= 15 is 0 Å². The lowest BCUT2D eigenvalue weighted by molar-refractivity contribution is -0.213. The molecule has 168 valence electrons. The van der Waals surface area contributed by atoms with Gasteiger partial charge in [0.05, 0.1) is 37.7 Å². The third kappa shape index (κ3) is 5.20. The molecule has 2 heterocycles. The number of nitrogens with zero attached hydrogens (tertiary/aromatic N) is 4. The van der Waals surface area contributed by atoms with Crippen molar-refractivity contribution in [2.24, 2.45) is 16.3 Å². The second-order valence-corrected chi connectivity index (χ2v) is 9.51. The topological polar surface area (TPSA) is 70.8 Å². The lowest BCUT2D eigenvalue weighted by Crippen LogP contribution is -2.36. The van der Waals surface area contributed by atoms with Gasteiger partial charge in [-0.1, -0.05) is 17.1 Å². The van der Waals surface area contributed by atoms with Crippen LogP contribution >= 0.6 is 0 Å². The summed E-state index contributed by atoms with van der Waals surface area (Å²) in [5, 5.41) is 8.54. The molecule has 1 saturated heterocycles. The first-order chi connectivity index (χ1) is 15.5. The Bertz CT molecular complexity index is 1060. The van der Waals surface area contributed by atoms with Gasteiger partial charge in [0.2, 0.25) is 5.90 Å². The lowest BCUT2D eigenvalue weighted by Gasteiger charge is -2.29. The second kappa shape index (κ2) is 8.68. The third-order valence-corrected chi connectivity index (χ3v) is 5.97. The van der Waals surface area contributed by atoms with Gasteiger partial charge in [-0.15, -0.1) is 5.10 Å². The molecular formula is C25H30N4O3. The minimum atomic E-state index is -0.297. The van der Waals surface area contributed by atoms with Gasteiger partial charge in [0.15, 0.2) is 12.0 Å². The SMILES string of the molecule is Cc1cc(C#CC2CC2)ccc1N=C(OC(C)C)c1cn(CC2OCC3(CC3)CO2)nn1. The molecule has 1 aromatic heterocycles. The maximum absolute atomic E-state index is 6.00. The number of aryl methyl sites for hydroxylation is 1. The first-order valence-corrected chi connectivity index (χ1v) is 11.5. The predicted octanol–water partition coefficient (Wildman–Crippen LogP) is 4.00. The average Bonchev–Trinajstić information content (AvgIpc) is 3.69. The van der Waals surface area contributed by atoms with Crippen LogP contribution in [0.4, 0.5) is 5.69 Å². The van der Waals surface area contributed by atoms with Crippen LogP contribution in [0.5, 0.6) is 0 Å². The summed E-state index contributed by atoms with van der Waals surface area (Å²) in [5.74, 6) is 7.60. The van der Waals surface area contributed by atoms with E-state index in [1.807, 2.05) is 39.1 Å². The van der Waals surface area contributed by atoms with Crippen molar-refractivity contribution >= 4 is 11.6 Å². The van der Waals surface area contributed by atoms with Crippen molar-refractivity contribution in [3.63, 3.8) is 0 Å². The van der Waals surface area contributed by atoms with Crippen LogP contribution in [0.3, 0.4) is 0 Å². The zero-order valence-corrected chi connectivity index (χ0v) is 19.0. The molecule has 1 spiro atoms. The van der Waals surface area contributed by atoms with Crippen LogP contribution in [0.1, 0.15) is 56.4 Å². The van der Waals surface area contributed by atoms with E-state index in [1.165, 1.54) is 25.7 Å². The van der Waals surface area contributed by atoms with E-state index in [1.54, 1.807) is 4.68 Å². The summed E-state index contributed by atoms with van der Waals surface area (Å²) in [5.41, 5.74) is 3.77.